The molecule has 0 fully saturated rings. The molecule has 35 heavy (non-hydrogen) atoms. The van der Waals surface area contributed by atoms with E-state index in [9.17, 15) is 23.3 Å². The van der Waals surface area contributed by atoms with Gasteiger partial charge in [-0.25, -0.2) is 0 Å². The number of carbonyl (C=O) groups is 2. The smallest absolute Gasteiger partial charge is 0.339 e. The van der Waals surface area contributed by atoms with Crippen molar-refractivity contribution in [3.8, 4) is 11.8 Å². The van der Waals surface area contributed by atoms with Gasteiger partial charge < -0.3 is 14.8 Å². The zero-order valence-corrected chi connectivity index (χ0v) is 22.6. The van der Waals surface area contributed by atoms with Crippen molar-refractivity contribution in [1.29, 1.82) is 5.26 Å². The predicted molar refractivity (Wildman–Crippen MR) is 144 cm³/mol. The molecule has 3 rings (SSSR count). The Morgan fingerprint density at radius 2 is 1.60 bits per heavy atom. The van der Waals surface area contributed by atoms with Crippen molar-refractivity contribution < 1.29 is 22.2 Å². The summed E-state index contributed by atoms with van der Waals surface area (Å²) >= 11 is 5.42. The zero-order chi connectivity index (χ0) is 25.6. The normalized spacial score (nSPS) is 11.3. The van der Waals surface area contributed by atoms with Crippen LogP contribution in [0.2, 0.25) is 0 Å². The van der Waals surface area contributed by atoms with E-state index in [1.54, 1.807) is 12.1 Å². The van der Waals surface area contributed by atoms with Crippen LogP contribution in [-0.2, 0) is 19.7 Å². The Balaban J connectivity index is 1.76. The van der Waals surface area contributed by atoms with E-state index in [0.717, 1.165) is 3.57 Å². The van der Waals surface area contributed by atoms with Gasteiger partial charge in [-0.15, -0.1) is 0 Å². The van der Waals surface area contributed by atoms with Gasteiger partial charge in [0.05, 0.1) is 4.47 Å². The fraction of sp³-hybridized carbons (Fsp3) is 0.0417. The molecule has 2 amide bonds. The largest absolute Gasteiger partial charge is 0.378 e. The monoisotopic (exact) mass is 665 g/mol. The second-order valence-electron chi connectivity index (χ2n) is 7.06. The first-order valence-corrected chi connectivity index (χ1v) is 13.2. The number of halogens is 2. The molecule has 0 bridgehead atoms. The van der Waals surface area contributed by atoms with Crippen molar-refractivity contribution >= 4 is 77.9 Å². The quantitative estimate of drug-likeness (QED) is 0.152. The van der Waals surface area contributed by atoms with Gasteiger partial charge in [-0.3, -0.25) is 9.59 Å². The number of nitrogens with zero attached hydrogens (tertiary/aromatic N) is 1. The lowest BCUT2D eigenvalue weighted by Crippen LogP contribution is -2.13. The molecule has 0 unspecified atom stereocenters. The first-order valence-electron chi connectivity index (χ1n) is 9.88. The SMILES string of the molecule is CC(=O)Nc1ccc(S(=O)(=O)Oc2ccc(/C=C(\C#N)C(=O)Nc3ccc(I)cc3)cc2Br)cc1. The molecule has 11 heteroatoms. The second-order valence-corrected chi connectivity index (χ2v) is 10.7. The van der Waals surface area contributed by atoms with Crippen LogP contribution >= 0.6 is 38.5 Å². The van der Waals surface area contributed by atoms with E-state index < -0.39 is 16.0 Å². The van der Waals surface area contributed by atoms with Crippen LogP contribution in [-0.4, -0.2) is 20.2 Å². The number of rotatable bonds is 7. The molecule has 3 aromatic carbocycles. The average molecular weight is 666 g/mol. The van der Waals surface area contributed by atoms with E-state index in [4.69, 9.17) is 4.18 Å². The minimum atomic E-state index is -4.15. The average Bonchev–Trinajstić information content (AvgIpc) is 2.80. The first-order chi connectivity index (χ1) is 16.6. The van der Waals surface area contributed by atoms with Crippen LogP contribution in [0.3, 0.4) is 0 Å². The summed E-state index contributed by atoms with van der Waals surface area (Å²) in [5.74, 6) is -0.827. The Bertz CT molecular complexity index is 1450. The Hall–Kier alpha value is -3.21. The maximum Gasteiger partial charge on any atom is 0.339 e. The van der Waals surface area contributed by atoms with Crippen LogP contribution in [0, 0.1) is 14.9 Å². The van der Waals surface area contributed by atoms with Gasteiger partial charge >= 0.3 is 10.1 Å². The zero-order valence-electron chi connectivity index (χ0n) is 18.1. The number of hydrogen-bond donors (Lipinski definition) is 2. The summed E-state index contributed by atoms with van der Waals surface area (Å²) in [6.45, 7) is 1.35. The molecule has 3 aromatic rings. The lowest BCUT2D eigenvalue weighted by atomic mass is 10.1. The molecule has 0 aromatic heterocycles. The van der Waals surface area contributed by atoms with E-state index in [0.29, 0.717) is 21.4 Å². The van der Waals surface area contributed by atoms with Crippen LogP contribution in [0.25, 0.3) is 6.08 Å². The van der Waals surface area contributed by atoms with E-state index in [1.165, 1.54) is 55.5 Å². The lowest BCUT2D eigenvalue weighted by molar-refractivity contribution is -0.114. The third kappa shape index (κ3) is 7.38. The maximum absolute atomic E-state index is 12.6. The summed E-state index contributed by atoms with van der Waals surface area (Å²) in [5, 5.41) is 14.6. The van der Waals surface area contributed by atoms with Gasteiger partial charge in [0.1, 0.15) is 16.5 Å². The molecule has 8 nitrogen and oxygen atoms in total. The summed E-state index contributed by atoms with van der Waals surface area (Å²) in [5.41, 5.74) is 1.36. The molecule has 0 saturated heterocycles. The third-order valence-corrected chi connectivity index (χ3v) is 6.98. The number of anilines is 2. The minimum absolute atomic E-state index is 0.0231. The summed E-state index contributed by atoms with van der Waals surface area (Å²) in [6, 6.07) is 19.0. The maximum atomic E-state index is 12.6. The van der Waals surface area contributed by atoms with Crippen molar-refractivity contribution in [1.82, 2.24) is 0 Å². The number of nitrogens with one attached hydrogen (secondary N) is 2. The molecule has 0 aliphatic heterocycles. The van der Waals surface area contributed by atoms with E-state index in [1.807, 2.05) is 18.2 Å². The van der Waals surface area contributed by atoms with Gasteiger partial charge in [0.2, 0.25) is 5.91 Å². The standard InChI is InChI=1S/C24H17BrIN3O5S/c1-15(30)28-19-7-9-21(10-8-19)35(32,33)34-23-11-2-16(13-22(23)25)12-17(14-27)24(31)29-20-5-3-18(26)4-6-20/h2-13H,1H3,(H,28,30)(H,29,31)/b17-12+. The highest BCUT2D eigenvalue weighted by molar-refractivity contribution is 14.1. The highest BCUT2D eigenvalue weighted by Crippen LogP contribution is 2.30. The Kier molecular flexibility index (Phi) is 8.66. The molecule has 0 aliphatic rings. The Labute approximate surface area is 224 Å². The van der Waals surface area contributed by atoms with Crippen LogP contribution in [0.1, 0.15) is 12.5 Å². The molecular weight excluding hydrogens is 649 g/mol. The van der Waals surface area contributed by atoms with E-state index in [-0.39, 0.29) is 22.1 Å². The number of carbonyl (C=O) groups excluding carboxylic acids is 2. The van der Waals surface area contributed by atoms with E-state index >= 15 is 0 Å². The van der Waals surface area contributed by atoms with Crippen molar-refractivity contribution in [3.05, 3.63) is 85.9 Å². The van der Waals surface area contributed by atoms with Crippen molar-refractivity contribution in [2.45, 2.75) is 11.8 Å². The highest BCUT2D eigenvalue weighted by Gasteiger charge is 2.19. The minimum Gasteiger partial charge on any atom is -0.378 e. The number of amides is 2. The molecule has 0 heterocycles. The molecule has 0 saturated carbocycles. The fourth-order valence-corrected chi connectivity index (χ4v) is 4.69. The summed E-state index contributed by atoms with van der Waals surface area (Å²) in [7, 11) is -4.15. The highest BCUT2D eigenvalue weighted by atomic mass is 127. The Morgan fingerprint density at radius 3 is 2.17 bits per heavy atom. The van der Waals surface area contributed by atoms with Gasteiger partial charge in [-0.1, -0.05) is 6.07 Å². The van der Waals surface area contributed by atoms with E-state index in [2.05, 4.69) is 49.2 Å². The van der Waals surface area contributed by atoms with Gasteiger partial charge in [0, 0.05) is 21.9 Å². The van der Waals surface area contributed by atoms with Gasteiger partial charge in [0.15, 0.2) is 5.75 Å². The van der Waals surface area contributed by atoms with Crippen LogP contribution in [0.4, 0.5) is 11.4 Å². The first kappa shape index (κ1) is 26.4. The summed E-state index contributed by atoms with van der Waals surface area (Å²) in [4.78, 5) is 23.5. The van der Waals surface area contributed by atoms with Crippen LogP contribution in [0.5, 0.6) is 5.75 Å². The van der Waals surface area contributed by atoms with Gasteiger partial charge in [-0.2, -0.15) is 13.7 Å². The topological polar surface area (TPSA) is 125 Å². The van der Waals surface area contributed by atoms with Crippen molar-refractivity contribution in [2.24, 2.45) is 0 Å². The summed E-state index contributed by atoms with van der Waals surface area (Å²) < 4.78 is 31.8. The molecule has 0 atom stereocenters. The lowest BCUT2D eigenvalue weighted by Gasteiger charge is -2.10. The molecule has 2 N–H and O–H groups in total. The van der Waals surface area contributed by atoms with Gasteiger partial charge in [-0.05, 0) is 111 Å². The van der Waals surface area contributed by atoms with Gasteiger partial charge in [0.25, 0.3) is 5.91 Å². The molecular formula is C24H17BrIN3O5S. The van der Waals surface area contributed by atoms with Crippen molar-refractivity contribution in [2.75, 3.05) is 10.6 Å². The molecule has 0 aliphatic carbocycles. The Morgan fingerprint density at radius 1 is 1.00 bits per heavy atom. The number of hydrogen-bond acceptors (Lipinski definition) is 6. The van der Waals surface area contributed by atoms with Crippen LogP contribution in [0.15, 0.2) is 81.7 Å². The molecule has 178 valence electrons. The molecule has 0 spiro atoms. The second kappa shape index (κ2) is 11.5. The van der Waals surface area contributed by atoms with Crippen molar-refractivity contribution in [3.63, 3.8) is 0 Å². The number of nitriles is 1. The fourth-order valence-electron chi connectivity index (χ4n) is 2.80. The molecule has 0 radical (unpaired) electrons. The number of benzene rings is 3. The van der Waals surface area contributed by atoms with Crippen LogP contribution < -0.4 is 14.8 Å². The summed E-state index contributed by atoms with van der Waals surface area (Å²) in [6.07, 6.45) is 1.38. The predicted octanol–water partition coefficient (Wildman–Crippen LogP) is 5.33. The third-order valence-electron chi connectivity index (χ3n) is 4.40.